The Bertz CT molecular complexity index is 746. The van der Waals surface area contributed by atoms with Crippen molar-refractivity contribution in [2.75, 3.05) is 13.7 Å². The summed E-state index contributed by atoms with van der Waals surface area (Å²) in [4.78, 5) is 23.5. The molecule has 5 nitrogen and oxygen atoms in total. The van der Waals surface area contributed by atoms with Crippen molar-refractivity contribution in [3.05, 3.63) is 0 Å². The molecule has 5 rings (SSSR count). The van der Waals surface area contributed by atoms with Crippen LogP contribution in [0.2, 0.25) is 0 Å². The van der Waals surface area contributed by atoms with E-state index in [0.29, 0.717) is 29.0 Å². The molecule has 1 spiro atoms. The van der Waals surface area contributed by atoms with Gasteiger partial charge in [-0.1, -0.05) is 27.2 Å². The van der Waals surface area contributed by atoms with Crippen LogP contribution in [-0.2, 0) is 23.8 Å². The molecule has 4 aliphatic carbocycles. The number of methoxy groups -OCH3 is 1. The van der Waals surface area contributed by atoms with Crippen molar-refractivity contribution < 1.29 is 23.8 Å². The first-order chi connectivity index (χ1) is 14.2. The Hall–Kier alpha value is -1.10. The van der Waals surface area contributed by atoms with Crippen LogP contribution in [0.4, 0.5) is 0 Å². The van der Waals surface area contributed by atoms with Crippen LogP contribution < -0.4 is 0 Å². The average Bonchev–Trinajstić information content (AvgIpc) is 3.48. The second-order valence-electron chi connectivity index (χ2n) is 12.0. The Morgan fingerprint density at radius 1 is 0.933 bits per heavy atom. The van der Waals surface area contributed by atoms with E-state index in [4.69, 9.17) is 9.47 Å². The van der Waals surface area contributed by atoms with E-state index >= 15 is 0 Å². The second-order valence-corrected chi connectivity index (χ2v) is 12.0. The van der Waals surface area contributed by atoms with Crippen molar-refractivity contribution in [1.29, 1.82) is 0 Å². The lowest BCUT2D eigenvalue weighted by molar-refractivity contribution is -0.182. The van der Waals surface area contributed by atoms with Crippen LogP contribution in [-0.4, -0.2) is 37.9 Å². The Balaban J connectivity index is 1.31. The number of esters is 2. The quantitative estimate of drug-likeness (QED) is 0.480. The Morgan fingerprint density at radius 2 is 1.67 bits per heavy atom. The lowest BCUT2D eigenvalue weighted by Crippen LogP contribution is -2.58. The molecule has 1 heterocycles. The van der Waals surface area contributed by atoms with Crippen LogP contribution >= 0.6 is 0 Å². The molecular formula is C25H38O5. The minimum atomic E-state index is -0.364. The number of carbonyl (C=O) groups is 2. The zero-order valence-electron chi connectivity index (χ0n) is 19.1. The van der Waals surface area contributed by atoms with Crippen LogP contribution in [0.15, 0.2) is 0 Å². The van der Waals surface area contributed by atoms with Crippen LogP contribution in [0.3, 0.4) is 0 Å². The van der Waals surface area contributed by atoms with Gasteiger partial charge in [0.15, 0.2) is 0 Å². The molecule has 0 amide bonds. The molecule has 1 aliphatic heterocycles. The lowest BCUT2D eigenvalue weighted by Gasteiger charge is -2.65. The van der Waals surface area contributed by atoms with Gasteiger partial charge in [0.05, 0.1) is 38.8 Å². The lowest BCUT2D eigenvalue weighted by atomic mass is 9.40. The van der Waals surface area contributed by atoms with Gasteiger partial charge in [-0.05, 0) is 67.6 Å². The van der Waals surface area contributed by atoms with Gasteiger partial charge in [0.2, 0.25) is 0 Å². The van der Waals surface area contributed by atoms with Crippen molar-refractivity contribution in [2.45, 2.75) is 97.2 Å². The molecule has 0 radical (unpaired) electrons. The predicted molar refractivity (Wildman–Crippen MR) is 112 cm³/mol. The zero-order valence-corrected chi connectivity index (χ0v) is 19.1. The largest absolute Gasteiger partial charge is 0.469 e. The molecule has 5 heteroatoms. The summed E-state index contributed by atoms with van der Waals surface area (Å²) in [7, 11) is 1.34. The number of rotatable bonds is 5. The van der Waals surface area contributed by atoms with Crippen molar-refractivity contribution in [2.24, 2.45) is 33.5 Å². The minimum Gasteiger partial charge on any atom is -0.469 e. The molecule has 30 heavy (non-hydrogen) atoms. The Labute approximate surface area is 180 Å². The number of carbonyl (C=O) groups excluding carboxylic acids is 2. The van der Waals surface area contributed by atoms with E-state index < -0.39 is 0 Å². The van der Waals surface area contributed by atoms with E-state index in [1.54, 1.807) is 0 Å². The molecule has 0 aromatic carbocycles. The summed E-state index contributed by atoms with van der Waals surface area (Å²) in [6.07, 6.45) is 11.0. The minimum absolute atomic E-state index is 0.00449. The number of hydrogen-bond acceptors (Lipinski definition) is 5. The Morgan fingerprint density at radius 3 is 2.43 bits per heavy atom. The van der Waals surface area contributed by atoms with Crippen molar-refractivity contribution in [1.82, 2.24) is 0 Å². The highest BCUT2D eigenvalue weighted by Crippen LogP contribution is 2.78. The molecule has 2 bridgehead atoms. The van der Waals surface area contributed by atoms with Gasteiger partial charge >= 0.3 is 11.9 Å². The van der Waals surface area contributed by atoms with Gasteiger partial charge in [0.1, 0.15) is 0 Å². The van der Waals surface area contributed by atoms with Gasteiger partial charge in [-0.25, -0.2) is 0 Å². The van der Waals surface area contributed by atoms with Gasteiger partial charge < -0.3 is 14.2 Å². The highest BCUT2D eigenvalue weighted by atomic mass is 16.6. The summed E-state index contributed by atoms with van der Waals surface area (Å²) in [6.45, 7) is 8.05. The molecule has 5 fully saturated rings. The monoisotopic (exact) mass is 418 g/mol. The second kappa shape index (κ2) is 6.70. The topological polar surface area (TPSA) is 65.1 Å². The maximum atomic E-state index is 12.2. The van der Waals surface area contributed by atoms with Gasteiger partial charge in [-0.3, -0.25) is 9.59 Å². The first-order valence-corrected chi connectivity index (χ1v) is 12.0. The SMILES string of the molecule is COC(=O)CCC(=O)OCC12CCC3C4(C)CCCC(C)(C)C4CCC3(C1)C1OC12. The maximum Gasteiger partial charge on any atom is 0.306 e. The first kappa shape index (κ1) is 20.8. The van der Waals surface area contributed by atoms with Gasteiger partial charge in [-0.2, -0.15) is 0 Å². The zero-order chi connectivity index (χ0) is 21.4. The maximum absolute atomic E-state index is 12.2. The van der Waals surface area contributed by atoms with Crippen LogP contribution in [0, 0.1) is 33.5 Å². The van der Waals surface area contributed by atoms with Gasteiger partial charge in [0, 0.05) is 10.8 Å². The molecule has 4 saturated carbocycles. The third kappa shape index (κ3) is 2.83. The van der Waals surface area contributed by atoms with Crippen LogP contribution in [0.25, 0.3) is 0 Å². The standard InChI is InChI=1S/C25H38O5/c1-22(2)10-5-11-23(3)16(22)9-13-25-14-24(12-8-17(23)25,20-21(25)30-20)15-29-19(27)7-6-18(26)28-4/h16-17,20-21H,5-15H2,1-4H3. The summed E-state index contributed by atoms with van der Waals surface area (Å²) in [6, 6.07) is 0. The molecule has 7 atom stereocenters. The smallest absolute Gasteiger partial charge is 0.306 e. The summed E-state index contributed by atoms with van der Waals surface area (Å²) < 4.78 is 16.7. The predicted octanol–water partition coefficient (Wildman–Crippen LogP) is 4.66. The molecule has 7 unspecified atom stereocenters. The summed E-state index contributed by atoms with van der Waals surface area (Å²) in [5.74, 6) is 0.899. The third-order valence-electron chi connectivity index (χ3n) is 10.2. The fourth-order valence-corrected chi connectivity index (χ4v) is 9.06. The third-order valence-corrected chi connectivity index (χ3v) is 10.2. The van der Waals surface area contributed by atoms with Crippen molar-refractivity contribution >= 4 is 11.9 Å². The normalized spacial score (nSPS) is 47.5. The van der Waals surface area contributed by atoms with Crippen molar-refractivity contribution in [3.63, 3.8) is 0 Å². The molecule has 0 N–H and O–H groups in total. The first-order valence-electron chi connectivity index (χ1n) is 12.0. The van der Waals surface area contributed by atoms with Gasteiger partial charge in [-0.15, -0.1) is 0 Å². The van der Waals surface area contributed by atoms with Crippen molar-refractivity contribution in [3.8, 4) is 0 Å². The van der Waals surface area contributed by atoms with E-state index in [1.807, 2.05) is 0 Å². The number of fused-ring (bicyclic) bond motifs is 5. The molecule has 1 saturated heterocycles. The molecular weight excluding hydrogens is 380 g/mol. The van der Waals surface area contributed by atoms with Gasteiger partial charge in [0.25, 0.3) is 0 Å². The fraction of sp³-hybridized carbons (Fsp3) is 0.920. The van der Waals surface area contributed by atoms with Crippen LogP contribution in [0.5, 0.6) is 0 Å². The fourth-order valence-electron chi connectivity index (χ4n) is 9.06. The highest BCUT2D eigenvalue weighted by molar-refractivity contribution is 5.77. The van der Waals surface area contributed by atoms with E-state index in [2.05, 4.69) is 25.5 Å². The Kier molecular flexibility index (Phi) is 4.64. The van der Waals surface area contributed by atoms with Crippen LogP contribution in [0.1, 0.15) is 85.0 Å². The number of hydrogen-bond donors (Lipinski definition) is 0. The molecule has 5 aliphatic rings. The summed E-state index contributed by atoms with van der Waals surface area (Å²) >= 11 is 0. The molecule has 0 aromatic heterocycles. The highest BCUT2D eigenvalue weighted by Gasteiger charge is 2.78. The van der Waals surface area contributed by atoms with E-state index in [1.165, 1.54) is 45.6 Å². The summed E-state index contributed by atoms with van der Waals surface area (Å²) in [5.41, 5.74) is 1.15. The number of epoxide rings is 1. The average molecular weight is 419 g/mol. The molecule has 168 valence electrons. The summed E-state index contributed by atoms with van der Waals surface area (Å²) in [5, 5.41) is 0. The molecule has 0 aromatic rings. The van der Waals surface area contributed by atoms with E-state index in [9.17, 15) is 9.59 Å². The van der Waals surface area contributed by atoms with E-state index in [-0.39, 0.29) is 36.3 Å². The number of ether oxygens (including phenoxy) is 3. The van der Waals surface area contributed by atoms with E-state index in [0.717, 1.165) is 24.7 Å².